The van der Waals surface area contributed by atoms with Gasteiger partial charge in [0.2, 0.25) is 0 Å². The van der Waals surface area contributed by atoms with Gasteiger partial charge in [0.25, 0.3) is 0 Å². The van der Waals surface area contributed by atoms with E-state index in [2.05, 4.69) is 0 Å². The molecule has 0 unspecified atom stereocenters. The molecule has 0 saturated heterocycles. The van der Waals surface area contributed by atoms with Crippen molar-refractivity contribution >= 4 is 40.6 Å². The Balaban J connectivity index is 2.55. The summed E-state index contributed by atoms with van der Waals surface area (Å²) in [5.74, 6) is -0.581. The van der Waals surface area contributed by atoms with Crippen molar-refractivity contribution in [2.24, 2.45) is 0 Å². The molecule has 0 saturated carbocycles. The van der Waals surface area contributed by atoms with Gasteiger partial charge in [-0.25, -0.2) is 0 Å². The number of rotatable bonds is 2. The fraction of sp³-hybridized carbons (Fsp3) is 0. The van der Waals surface area contributed by atoms with Crippen LogP contribution in [0.4, 0.5) is 0 Å². The molecule has 92 valence electrons. The Bertz CT molecular complexity index is 620. The minimum atomic E-state index is -0.428. The van der Waals surface area contributed by atoms with Gasteiger partial charge in [-0.05, 0) is 30.3 Å². The molecule has 0 radical (unpaired) electrons. The Morgan fingerprint density at radius 2 is 1.72 bits per heavy atom. The maximum atomic E-state index is 12.2. The molecule has 2 aromatic carbocycles. The second-order valence-corrected chi connectivity index (χ2v) is 4.81. The first kappa shape index (κ1) is 13.2. The first-order chi connectivity index (χ1) is 8.50. The molecule has 0 aliphatic heterocycles. The number of phenols is 1. The van der Waals surface area contributed by atoms with E-state index in [0.717, 1.165) is 0 Å². The Morgan fingerprint density at radius 1 is 1.00 bits per heavy atom. The van der Waals surface area contributed by atoms with Crippen LogP contribution in [-0.4, -0.2) is 10.9 Å². The molecule has 2 nitrogen and oxygen atoms in total. The SMILES string of the molecule is O=C(c1cc(Cl)ccc1O)c1cccc(Cl)c1Cl. The molecule has 0 spiro atoms. The van der Waals surface area contributed by atoms with Crippen molar-refractivity contribution in [1.29, 1.82) is 0 Å². The predicted octanol–water partition coefficient (Wildman–Crippen LogP) is 4.58. The van der Waals surface area contributed by atoms with E-state index >= 15 is 0 Å². The van der Waals surface area contributed by atoms with Crippen LogP contribution in [0.5, 0.6) is 5.75 Å². The summed E-state index contributed by atoms with van der Waals surface area (Å²) < 4.78 is 0. The number of aromatic hydroxyl groups is 1. The van der Waals surface area contributed by atoms with Gasteiger partial charge in [-0.2, -0.15) is 0 Å². The van der Waals surface area contributed by atoms with Crippen molar-refractivity contribution in [2.75, 3.05) is 0 Å². The third kappa shape index (κ3) is 2.46. The molecule has 0 fully saturated rings. The smallest absolute Gasteiger partial charge is 0.198 e. The zero-order valence-electron chi connectivity index (χ0n) is 8.95. The van der Waals surface area contributed by atoms with Crippen molar-refractivity contribution in [3.8, 4) is 5.75 Å². The van der Waals surface area contributed by atoms with Crippen LogP contribution in [0.25, 0.3) is 0 Å². The molecule has 0 aliphatic carbocycles. The van der Waals surface area contributed by atoms with Crippen molar-refractivity contribution in [1.82, 2.24) is 0 Å². The highest BCUT2D eigenvalue weighted by Crippen LogP contribution is 2.30. The molecule has 2 rings (SSSR count). The standard InChI is InChI=1S/C13H7Cl3O2/c14-7-4-5-11(17)9(6-7)13(18)8-2-1-3-10(15)12(8)16/h1-6,17H. The predicted molar refractivity (Wildman–Crippen MR) is 73.0 cm³/mol. The van der Waals surface area contributed by atoms with Gasteiger partial charge in [-0.15, -0.1) is 0 Å². The largest absolute Gasteiger partial charge is 0.507 e. The third-order valence-electron chi connectivity index (χ3n) is 2.40. The number of phenolic OH excluding ortho intramolecular Hbond substituents is 1. The fourth-order valence-corrected chi connectivity index (χ4v) is 2.07. The van der Waals surface area contributed by atoms with E-state index < -0.39 is 5.78 Å². The molecule has 1 N–H and O–H groups in total. The van der Waals surface area contributed by atoms with Gasteiger partial charge in [-0.3, -0.25) is 4.79 Å². The molecule has 18 heavy (non-hydrogen) atoms. The summed E-state index contributed by atoms with van der Waals surface area (Å²) in [5.41, 5.74) is 0.313. The lowest BCUT2D eigenvalue weighted by molar-refractivity contribution is 0.103. The molecule has 0 atom stereocenters. The highest BCUT2D eigenvalue weighted by Gasteiger charge is 2.18. The maximum Gasteiger partial charge on any atom is 0.198 e. The Labute approximate surface area is 119 Å². The lowest BCUT2D eigenvalue weighted by Crippen LogP contribution is -2.02. The quantitative estimate of drug-likeness (QED) is 0.824. The molecule has 2 aromatic rings. The third-order valence-corrected chi connectivity index (χ3v) is 3.45. The molecule has 0 aromatic heterocycles. The molecule has 0 heterocycles. The van der Waals surface area contributed by atoms with Crippen LogP contribution in [0.15, 0.2) is 36.4 Å². The summed E-state index contributed by atoms with van der Waals surface area (Å²) in [6.45, 7) is 0. The van der Waals surface area contributed by atoms with Crippen molar-refractivity contribution in [3.05, 3.63) is 62.6 Å². The molecular formula is C13H7Cl3O2. The summed E-state index contributed by atoms with van der Waals surface area (Å²) in [5, 5.41) is 10.5. The monoisotopic (exact) mass is 300 g/mol. The zero-order chi connectivity index (χ0) is 13.3. The van der Waals surface area contributed by atoms with E-state index in [1.807, 2.05) is 0 Å². The zero-order valence-corrected chi connectivity index (χ0v) is 11.2. The second-order valence-electron chi connectivity index (χ2n) is 3.59. The topological polar surface area (TPSA) is 37.3 Å². The Hall–Kier alpha value is -1.22. The van der Waals surface area contributed by atoms with Crippen LogP contribution < -0.4 is 0 Å². The average molecular weight is 302 g/mol. The minimum absolute atomic E-state index is 0.0895. The highest BCUT2D eigenvalue weighted by atomic mass is 35.5. The number of hydrogen-bond donors (Lipinski definition) is 1. The number of hydrogen-bond acceptors (Lipinski definition) is 2. The van der Waals surface area contributed by atoms with Gasteiger partial charge in [0.15, 0.2) is 5.78 Å². The minimum Gasteiger partial charge on any atom is -0.507 e. The Kier molecular flexibility index (Phi) is 3.81. The number of ketones is 1. The van der Waals surface area contributed by atoms with Crippen molar-refractivity contribution in [3.63, 3.8) is 0 Å². The van der Waals surface area contributed by atoms with Gasteiger partial charge in [0.05, 0.1) is 15.6 Å². The summed E-state index contributed by atoms with van der Waals surface area (Å²) in [6.07, 6.45) is 0. The van der Waals surface area contributed by atoms with E-state index in [-0.39, 0.29) is 26.9 Å². The Morgan fingerprint density at radius 3 is 2.44 bits per heavy atom. The van der Waals surface area contributed by atoms with Crippen LogP contribution in [-0.2, 0) is 0 Å². The molecule has 0 aliphatic rings. The highest BCUT2D eigenvalue weighted by molar-refractivity contribution is 6.44. The summed E-state index contributed by atoms with van der Waals surface area (Å²) in [4.78, 5) is 12.2. The van der Waals surface area contributed by atoms with Crippen LogP contribution in [0.1, 0.15) is 15.9 Å². The molecule has 5 heteroatoms. The van der Waals surface area contributed by atoms with Gasteiger partial charge in [0.1, 0.15) is 5.75 Å². The lowest BCUT2D eigenvalue weighted by atomic mass is 10.0. The molecular weight excluding hydrogens is 294 g/mol. The van der Waals surface area contributed by atoms with Crippen LogP contribution >= 0.6 is 34.8 Å². The summed E-state index contributed by atoms with van der Waals surface area (Å²) in [7, 11) is 0. The van der Waals surface area contributed by atoms with Crippen molar-refractivity contribution < 1.29 is 9.90 Å². The van der Waals surface area contributed by atoms with Gasteiger partial charge in [-0.1, -0.05) is 40.9 Å². The number of carbonyl (C=O) groups is 1. The van der Waals surface area contributed by atoms with Gasteiger partial charge >= 0.3 is 0 Å². The van der Waals surface area contributed by atoms with Crippen LogP contribution in [0.2, 0.25) is 15.1 Å². The van der Waals surface area contributed by atoms with E-state index in [0.29, 0.717) is 5.02 Å². The van der Waals surface area contributed by atoms with E-state index in [4.69, 9.17) is 34.8 Å². The van der Waals surface area contributed by atoms with Crippen molar-refractivity contribution in [2.45, 2.75) is 0 Å². The number of benzene rings is 2. The second kappa shape index (κ2) is 5.19. The number of carbonyl (C=O) groups excluding carboxylic acids is 1. The van der Waals surface area contributed by atoms with Crippen LogP contribution in [0.3, 0.4) is 0 Å². The first-order valence-corrected chi connectivity index (χ1v) is 6.11. The van der Waals surface area contributed by atoms with Crippen LogP contribution in [0, 0.1) is 0 Å². The summed E-state index contributed by atoms with van der Waals surface area (Å²) >= 11 is 17.6. The van der Waals surface area contributed by atoms with Gasteiger partial charge in [0, 0.05) is 10.6 Å². The van der Waals surface area contributed by atoms with E-state index in [1.54, 1.807) is 12.1 Å². The molecule has 0 amide bonds. The van der Waals surface area contributed by atoms with Gasteiger partial charge < -0.3 is 5.11 Å². The fourth-order valence-electron chi connectivity index (χ4n) is 1.51. The normalized spacial score (nSPS) is 10.4. The maximum absolute atomic E-state index is 12.2. The molecule has 0 bridgehead atoms. The van der Waals surface area contributed by atoms with E-state index in [1.165, 1.54) is 24.3 Å². The first-order valence-electron chi connectivity index (χ1n) is 4.98. The summed E-state index contributed by atoms with van der Waals surface area (Å²) in [6, 6.07) is 8.97. The number of halogens is 3. The average Bonchev–Trinajstić information content (AvgIpc) is 2.35. The lowest BCUT2D eigenvalue weighted by Gasteiger charge is -2.07. The van der Waals surface area contributed by atoms with E-state index in [9.17, 15) is 9.90 Å².